The van der Waals surface area contributed by atoms with Crippen molar-refractivity contribution in [2.24, 2.45) is 11.8 Å². The minimum absolute atomic E-state index is 0.0313. The van der Waals surface area contributed by atoms with E-state index in [0.717, 1.165) is 0 Å². The van der Waals surface area contributed by atoms with Gasteiger partial charge < -0.3 is 29.9 Å². The molecule has 2 aromatic rings. The van der Waals surface area contributed by atoms with E-state index in [-0.39, 0.29) is 47.6 Å². The fourth-order valence-corrected chi connectivity index (χ4v) is 2.62. The maximum Gasteiger partial charge on any atom is 0.160 e. The molecular formula is C20H26O6. The molecule has 2 aromatic carbocycles. The molecule has 0 spiro atoms. The Kier molecular flexibility index (Phi) is 4.60. The number of aliphatic hydroxyl groups excluding tert-OH is 2. The van der Waals surface area contributed by atoms with Crippen LogP contribution in [0.4, 0.5) is 0 Å². The van der Waals surface area contributed by atoms with Gasteiger partial charge in [-0.05, 0) is 60.0 Å². The van der Waals surface area contributed by atoms with E-state index >= 15 is 0 Å². The summed E-state index contributed by atoms with van der Waals surface area (Å²) in [5.74, 6) is -3.33. The highest BCUT2D eigenvalue weighted by molar-refractivity contribution is 5.43. The summed E-state index contributed by atoms with van der Waals surface area (Å²) >= 11 is 0. The lowest BCUT2D eigenvalue weighted by Crippen LogP contribution is -2.26. The minimum atomic E-state index is -0.755. The van der Waals surface area contributed by atoms with E-state index < -0.39 is 60.7 Å². The third kappa shape index (κ3) is 4.80. The Labute approximate surface area is 161 Å². The Morgan fingerprint density at radius 2 is 1.19 bits per heavy atom. The van der Waals surface area contributed by atoms with Crippen molar-refractivity contribution in [3.8, 4) is 23.0 Å². The molecule has 0 aliphatic heterocycles. The average molecular weight is 368 g/mol. The molecule has 0 saturated heterocycles. The molecule has 0 amide bonds. The summed E-state index contributed by atoms with van der Waals surface area (Å²) in [5.41, 5.74) is 0.0626. The number of rotatable bonds is 9. The molecule has 0 unspecified atom stereocenters. The van der Waals surface area contributed by atoms with Gasteiger partial charge in [0, 0.05) is 13.2 Å². The average Bonchev–Trinajstić information content (AvgIpc) is 2.78. The normalized spacial score (nSPS) is 16.5. The highest BCUT2D eigenvalue weighted by Gasteiger charge is 2.22. The van der Waals surface area contributed by atoms with E-state index in [1.807, 2.05) is 0 Å². The van der Waals surface area contributed by atoms with Gasteiger partial charge >= 0.3 is 0 Å². The van der Waals surface area contributed by atoms with Crippen molar-refractivity contribution in [1.82, 2.24) is 0 Å². The van der Waals surface area contributed by atoms with E-state index in [9.17, 15) is 20.4 Å². The molecule has 0 heterocycles. The molecule has 0 aliphatic carbocycles. The van der Waals surface area contributed by atoms with Gasteiger partial charge in [-0.25, -0.2) is 0 Å². The molecule has 0 bridgehead atoms. The molecule has 142 valence electrons. The molecule has 0 saturated carbocycles. The summed E-state index contributed by atoms with van der Waals surface area (Å²) in [4.78, 5) is 0. The van der Waals surface area contributed by atoms with E-state index in [1.165, 1.54) is 14.2 Å². The van der Waals surface area contributed by atoms with Crippen LogP contribution in [0.5, 0.6) is 23.0 Å². The molecule has 0 fully saturated rings. The van der Waals surface area contributed by atoms with Crippen LogP contribution in [0.15, 0.2) is 36.3 Å². The molecule has 26 heavy (non-hydrogen) atoms. The first kappa shape index (κ1) is 12.8. The van der Waals surface area contributed by atoms with Gasteiger partial charge in [0.05, 0.1) is 22.4 Å². The summed E-state index contributed by atoms with van der Waals surface area (Å²) in [6.07, 6.45) is -0.239. The maximum absolute atomic E-state index is 9.98. The number of hydrogen-bond acceptors (Lipinski definition) is 6. The molecular weight excluding hydrogens is 336 g/mol. The molecule has 0 radical (unpaired) electrons. The largest absolute Gasteiger partial charge is 0.504 e. The lowest BCUT2D eigenvalue weighted by atomic mass is 9.83. The number of ether oxygens (including phenoxy) is 2. The summed E-state index contributed by atoms with van der Waals surface area (Å²) in [6.45, 7) is -0.964. The van der Waals surface area contributed by atoms with Gasteiger partial charge in [-0.15, -0.1) is 0 Å². The quantitative estimate of drug-likeness (QED) is 0.541. The zero-order chi connectivity index (χ0) is 24.3. The van der Waals surface area contributed by atoms with Crippen LogP contribution < -0.4 is 9.47 Å². The van der Waals surface area contributed by atoms with Crippen LogP contribution in [-0.2, 0) is 12.8 Å². The second-order valence-corrected chi connectivity index (χ2v) is 5.76. The third-order valence-corrected chi connectivity index (χ3v) is 4.10. The zero-order valence-electron chi connectivity index (χ0n) is 20.6. The monoisotopic (exact) mass is 368 g/mol. The van der Waals surface area contributed by atoms with Crippen LogP contribution >= 0.6 is 0 Å². The van der Waals surface area contributed by atoms with Crippen molar-refractivity contribution < 1.29 is 38.1 Å². The van der Waals surface area contributed by atoms with Crippen LogP contribution in [0.25, 0.3) is 0 Å². The topological polar surface area (TPSA) is 99.4 Å². The SMILES string of the molecule is [2H]c1c([2H])c(C[C@@H](CO)[C@H](CO)Cc2c([2H])c([2H])c(O)c(OC)c2[2H])c([2H])c(OC)c1O. The Morgan fingerprint density at radius 1 is 0.808 bits per heavy atom. The Hall–Kier alpha value is -2.44. The Balaban J connectivity index is 2.49. The van der Waals surface area contributed by atoms with Crippen LogP contribution in [0, 0.1) is 11.8 Å². The maximum atomic E-state index is 9.98. The summed E-state index contributed by atoms with van der Waals surface area (Å²) < 4.78 is 58.4. The number of aliphatic hydroxyl groups is 2. The number of methoxy groups -OCH3 is 2. The van der Waals surface area contributed by atoms with Crippen molar-refractivity contribution >= 4 is 0 Å². The number of phenols is 2. The van der Waals surface area contributed by atoms with Gasteiger partial charge in [0.15, 0.2) is 23.0 Å². The molecule has 0 aromatic heterocycles. The highest BCUT2D eigenvalue weighted by Crippen LogP contribution is 2.31. The highest BCUT2D eigenvalue weighted by atomic mass is 16.5. The first-order valence-electron chi connectivity index (χ1n) is 11.0. The van der Waals surface area contributed by atoms with Crippen molar-refractivity contribution in [3.63, 3.8) is 0 Å². The lowest BCUT2D eigenvalue weighted by molar-refractivity contribution is 0.119. The molecule has 2 rings (SSSR count). The van der Waals surface area contributed by atoms with Gasteiger partial charge in [0.2, 0.25) is 0 Å². The standard InChI is InChI=1S/C20H26O6/c1-25-19-9-13(3-5-17(19)23)7-15(11-21)16(12-22)8-14-4-6-18(24)20(10-14)26-2/h3-6,9-10,15-16,21-24H,7-8,11-12H2,1-2H3/t15-,16-/m0/s1/i3D,4D,5D,6D,9D,10D. The lowest BCUT2D eigenvalue weighted by Gasteiger charge is -2.24. The summed E-state index contributed by atoms with van der Waals surface area (Å²) in [6, 6.07) is -2.52. The summed E-state index contributed by atoms with van der Waals surface area (Å²) in [7, 11) is 2.42. The Bertz CT molecular complexity index is 921. The molecule has 6 heteroatoms. The Morgan fingerprint density at radius 3 is 1.50 bits per heavy atom. The van der Waals surface area contributed by atoms with Crippen LogP contribution in [0.1, 0.15) is 19.4 Å². The van der Waals surface area contributed by atoms with Gasteiger partial charge in [0.1, 0.15) is 0 Å². The van der Waals surface area contributed by atoms with Gasteiger partial charge in [-0.3, -0.25) is 0 Å². The zero-order valence-corrected chi connectivity index (χ0v) is 14.6. The fraction of sp³-hybridized carbons (Fsp3) is 0.400. The third-order valence-electron chi connectivity index (χ3n) is 4.10. The predicted molar refractivity (Wildman–Crippen MR) is 97.9 cm³/mol. The van der Waals surface area contributed by atoms with Gasteiger partial charge in [0.25, 0.3) is 0 Å². The van der Waals surface area contributed by atoms with Crippen molar-refractivity contribution in [2.45, 2.75) is 12.8 Å². The first-order valence-corrected chi connectivity index (χ1v) is 7.98. The number of phenolic OH excluding ortho intramolecular Hbond substituents is 2. The summed E-state index contributed by atoms with van der Waals surface area (Å²) in [5, 5.41) is 39.9. The molecule has 0 aliphatic rings. The fourth-order valence-electron chi connectivity index (χ4n) is 2.62. The molecule has 4 N–H and O–H groups in total. The number of benzene rings is 2. The first-order chi connectivity index (χ1) is 15.0. The van der Waals surface area contributed by atoms with Crippen LogP contribution in [0.2, 0.25) is 0 Å². The molecule has 6 nitrogen and oxygen atoms in total. The second-order valence-electron chi connectivity index (χ2n) is 5.76. The van der Waals surface area contributed by atoms with E-state index in [2.05, 4.69) is 0 Å². The van der Waals surface area contributed by atoms with E-state index in [1.54, 1.807) is 0 Å². The van der Waals surface area contributed by atoms with Crippen molar-refractivity contribution in [2.75, 3.05) is 27.4 Å². The smallest absolute Gasteiger partial charge is 0.160 e. The van der Waals surface area contributed by atoms with Gasteiger partial charge in [-0.2, -0.15) is 0 Å². The minimum Gasteiger partial charge on any atom is -0.504 e. The van der Waals surface area contributed by atoms with E-state index in [0.29, 0.717) is 0 Å². The van der Waals surface area contributed by atoms with Crippen molar-refractivity contribution in [3.05, 3.63) is 47.4 Å². The molecule has 2 atom stereocenters. The number of aromatic hydroxyl groups is 2. The van der Waals surface area contributed by atoms with E-state index in [4.69, 9.17) is 17.7 Å². The second kappa shape index (κ2) is 9.31. The van der Waals surface area contributed by atoms with Crippen LogP contribution in [-0.4, -0.2) is 47.9 Å². The van der Waals surface area contributed by atoms with Gasteiger partial charge in [-0.1, -0.05) is 12.1 Å². The van der Waals surface area contributed by atoms with Crippen molar-refractivity contribution in [1.29, 1.82) is 0 Å². The van der Waals surface area contributed by atoms with Crippen LogP contribution in [0.3, 0.4) is 0 Å². The predicted octanol–water partition coefficient (Wildman–Crippen LogP) is 2.12. The number of hydrogen-bond donors (Lipinski definition) is 4.